The number of rotatable bonds is 1. The number of carbonyl (C=O) groups excluding carboxylic acids is 1. The molecule has 0 spiro atoms. The molecule has 1 N–H and O–H groups in total. The van der Waals surface area contributed by atoms with Crippen molar-refractivity contribution in [2.75, 3.05) is 4.90 Å². The largest absolute Gasteiger partial charge is 0.478 e. The number of hydrogen-bond acceptors (Lipinski definition) is 2. The van der Waals surface area contributed by atoms with Crippen molar-refractivity contribution in [3.8, 4) is 0 Å². The lowest BCUT2D eigenvalue weighted by atomic mass is 9.74. The Morgan fingerprint density at radius 3 is 2.67 bits per heavy atom. The van der Waals surface area contributed by atoms with Gasteiger partial charge in [-0.1, -0.05) is 38.1 Å². The van der Waals surface area contributed by atoms with Crippen LogP contribution in [0.2, 0.25) is 0 Å². The highest BCUT2D eigenvalue weighted by atomic mass is 79.9. The summed E-state index contributed by atoms with van der Waals surface area (Å²) >= 11 is 3.58. The molecule has 122 valence electrons. The molecule has 0 bridgehead atoms. The van der Waals surface area contributed by atoms with Crippen LogP contribution in [0.15, 0.2) is 40.9 Å². The van der Waals surface area contributed by atoms with Crippen LogP contribution in [0.25, 0.3) is 0 Å². The first-order chi connectivity index (χ1) is 11.3. The summed E-state index contributed by atoms with van der Waals surface area (Å²) in [5.74, 6) is -1.29. The number of carboxylic acids is 1. The molecule has 0 saturated heterocycles. The van der Waals surface area contributed by atoms with Gasteiger partial charge in [-0.05, 0) is 51.0 Å². The van der Waals surface area contributed by atoms with Crippen LogP contribution >= 0.6 is 15.9 Å². The third kappa shape index (κ3) is 1.91. The van der Waals surface area contributed by atoms with Gasteiger partial charge in [0.15, 0.2) is 0 Å². The maximum Gasteiger partial charge on any atom is 0.336 e. The van der Waals surface area contributed by atoms with E-state index in [1.165, 1.54) is 6.07 Å². The Bertz CT molecular complexity index is 903. The normalized spacial score (nSPS) is 20.4. The first-order valence-electron chi connectivity index (χ1n) is 7.81. The number of halogens is 1. The number of anilines is 1. The molecule has 24 heavy (non-hydrogen) atoms. The highest BCUT2D eigenvalue weighted by Crippen LogP contribution is 2.54. The molecule has 1 unspecified atom stereocenters. The van der Waals surface area contributed by atoms with E-state index in [2.05, 4.69) is 29.8 Å². The number of para-hydroxylation sites is 1. The number of hydrogen-bond donors (Lipinski definition) is 1. The van der Waals surface area contributed by atoms with Crippen molar-refractivity contribution in [3.05, 3.63) is 63.1 Å². The van der Waals surface area contributed by atoms with Gasteiger partial charge >= 0.3 is 5.97 Å². The van der Waals surface area contributed by atoms with Crippen LogP contribution in [-0.4, -0.2) is 17.0 Å². The fourth-order valence-electron chi connectivity index (χ4n) is 4.02. The van der Waals surface area contributed by atoms with E-state index in [1.54, 1.807) is 11.0 Å². The third-order valence-electron chi connectivity index (χ3n) is 5.09. The van der Waals surface area contributed by atoms with E-state index in [-0.39, 0.29) is 22.9 Å². The number of fused-ring (bicyclic) bond motifs is 5. The van der Waals surface area contributed by atoms with Crippen molar-refractivity contribution in [1.82, 2.24) is 0 Å². The molecule has 2 aliphatic heterocycles. The van der Waals surface area contributed by atoms with Gasteiger partial charge in [-0.3, -0.25) is 9.69 Å². The second-order valence-electron chi connectivity index (χ2n) is 6.99. The average molecular weight is 386 g/mol. The number of aromatic carboxylic acids is 1. The number of amides is 1. The summed E-state index contributed by atoms with van der Waals surface area (Å²) in [5.41, 5.74) is 3.08. The van der Waals surface area contributed by atoms with E-state index < -0.39 is 5.97 Å². The minimum Gasteiger partial charge on any atom is -0.478 e. The maximum absolute atomic E-state index is 13.1. The molecular formula is C19H16BrNO3. The monoisotopic (exact) mass is 385 g/mol. The maximum atomic E-state index is 13.1. The summed E-state index contributed by atoms with van der Waals surface area (Å²) < 4.78 is 0.857. The van der Waals surface area contributed by atoms with Crippen molar-refractivity contribution >= 4 is 33.5 Å². The molecule has 5 heteroatoms. The molecular weight excluding hydrogens is 370 g/mol. The van der Waals surface area contributed by atoms with Crippen molar-refractivity contribution in [3.63, 3.8) is 0 Å². The van der Waals surface area contributed by atoms with Gasteiger partial charge in [0.25, 0.3) is 5.91 Å². The van der Waals surface area contributed by atoms with Crippen LogP contribution in [-0.2, 0) is 5.41 Å². The van der Waals surface area contributed by atoms with E-state index in [0.717, 1.165) is 27.7 Å². The minimum absolute atomic E-state index is 0.0818. The van der Waals surface area contributed by atoms with Crippen molar-refractivity contribution < 1.29 is 14.7 Å². The van der Waals surface area contributed by atoms with E-state index in [9.17, 15) is 14.7 Å². The molecule has 2 aliphatic rings. The lowest BCUT2D eigenvalue weighted by Gasteiger charge is -2.42. The third-order valence-corrected chi connectivity index (χ3v) is 5.73. The molecule has 4 rings (SSSR count). The van der Waals surface area contributed by atoms with Crippen LogP contribution in [0.5, 0.6) is 0 Å². The van der Waals surface area contributed by atoms with Gasteiger partial charge in [-0.25, -0.2) is 4.79 Å². The van der Waals surface area contributed by atoms with Gasteiger partial charge in [0.2, 0.25) is 0 Å². The van der Waals surface area contributed by atoms with Crippen molar-refractivity contribution in [2.24, 2.45) is 0 Å². The Kier molecular flexibility index (Phi) is 3.16. The van der Waals surface area contributed by atoms with Gasteiger partial charge in [0.1, 0.15) is 0 Å². The predicted octanol–water partition coefficient (Wildman–Crippen LogP) is 4.53. The lowest BCUT2D eigenvalue weighted by Crippen LogP contribution is -2.39. The second kappa shape index (κ2) is 4.93. The van der Waals surface area contributed by atoms with Crippen molar-refractivity contribution in [2.45, 2.75) is 31.7 Å². The Hall–Kier alpha value is -2.14. The summed E-state index contributed by atoms with van der Waals surface area (Å²) in [7, 11) is 0. The van der Waals surface area contributed by atoms with Gasteiger partial charge < -0.3 is 5.11 Å². The SMILES string of the molecule is CC1(C)CC2c3cccc(C(=O)O)c3C(=O)N2c2c(Br)cccc21. The number of carboxylic acid groups (broad SMARTS) is 1. The standard InChI is InChI=1S/C19H16BrNO3/c1-19(2)9-14-10-5-3-6-11(18(23)24)15(10)17(22)21(14)16-12(19)7-4-8-13(16)20/h3-8,14H,9H2,1-2H3,(H,23,24). The highest BCUT2D eigenvalue weighted by Gasteiger charge is 2.48. The zero-order valence-corrected chi connectivity index (χ0v) is 14.9. The van der Waals surface area contributed by atoms with Crippen LogP contribution in [0.3, 0.4) is 0 Å². The molecule has 2 heterocycles. The van der Waals surface area contributed by atoms with Gasteiger partial charge in [0.05, 0.1) is 22.9 Å². The lowest BCUT2D eigenvalue weighted by molar-refractivity contribution is 0.0692. The van der Waals surface area contributed by atoms with Crippen LogP contribution in [0.1, 0.15) is 58.2 Å². The molecule has 1 atom stereocenters. The van der Waals surface area contributed by atoms with E-state index >= 15 is 0 Å². The smallest absolute Gasteiger partial charge is 0.336 e. The first-order valence-corrected chi connectivity index (χ1v) is 8.61. The van der Waals surface area contributed by atoms with Crippen LogP contribution < -0.4 is 4.90 Å². The van der Waals surface area contributed by atoms with Crippen molar-refractivity contribution in [1.29, 1.82) is 0 Å². The summed E-state index contributed by atoms with van der Waals surface area (Å²) in [6.07, 6.45) is 0.762. The fraction of sp³-hybridized carbons (Fsp3) is 0.263. The zero-order valence-electron chi connectivity index (χ0n) is 13.3. The highest BCUT2D eigenvalue weighted by molar-refractivity contribution is 9.10. The Labute approximate surface area is 148 Å². The average Bonchev–Trinajstić information content (AvgIpc) is 2.80. The Morgan fingerprint density at radius 2 is 1.96 bits per heavy atom. The van der Waals surface area contributed by atoms with E-state index in [1.807, 2.05) is 24.3 Å². The van der Waals surface area contributed by atoms with E-state index in [4.69, 9.17) is 0 Å². The summed E-state index contributed by atoms with van der Waals surface area (Å²) in [5, 5.41) is 9.47. The number of carbonyl (C=O) groups is 2. The molecule has 2 aromatic carbocycles. The predicted molar refractivity (Wildman–Crippen MR) is 94.7 cm³/mol. The summed E-state index contributed by atoms with van der Waals surface area (Å²) in [4.78, 5) is 26.5. The minimum atomic E-state index is -1.06. The molecule has 0 saturated carbocycles. The van der Waals surface area contributed by atoms with Gasteiger partial charge in [-0.15, -0.1) is 0 Å². The summed E-state index contributed by atoms with van der Waals surface area (Å²) in [6, 6.07) is 10.9. The number of nitrogens with zero attached hydrogens (tertiary/aromatic N) is 1. The first kappa shape index (κ1) is 15.4. The number of benzene rings is 2. The Balaban J connectivity index is 2.01. The fourth-order valence-corrected chi connectivity index (χ4v) is 4.58. The molecule has 2 aromatic rings. The Morgan fingerprint density at radius 1 is 1.25 bits per heavy atom. The quantitative estimate of drug-likeness (QED) is 0.784. The van der Waals surface area contributed by atoms with Crippen LogP contribution in [0.4, 0.5) is 5.69 Å². The molecule has 1 amide bonds. The van der Waals surface area contributed by atoms with Crippen LogP contribution in [0, 0.1) is 0 Å². The zero-order chi connectivity index (χ0) is 17.2. The topological polar surface area (TPSA) is 57.6 Å². The second-order valence-corrected chi connectivity index (χ2v) is 7.84. The molecule has 0 aliphatic carbocycles. The molecule has 4 nitrogen and oxygen atoms in total. The van der Waals surface area contributed by atoms with E-state index in [0.29, 0.717) is 5.56 Å². The molecule has 0 aromatic heterocycles. The molecule has 0 fully saturated rings. The van der Waals surface area contributed by atoms with Gasteiger partial charge in [-0.2, -0.15) is 0 Å². The molecule has 0 radical (unpaired) electrons. The van der Waals surface area contributed by atoms with Gasteiger partial charge in [0, 0.05) is 4.47 Å². The summed E-state index contributed by atoms with van der Waals surface area (Å²) in [6.45, 7) is 4.33.